The lowest BCUT2D eigenvalue weighted by Gasteiger charge is -2.45. The van der Waals surface area contributed by atoms with Crippen molar-refractivity contribution in [2.45, 2.75) is 206 Å². The first-order chi connectivity index (χ1) is 21.7. The van der Waals surface area contributed by atoms with Crippen LogP contribution in [0.5, 0.6) is 0 Å². The molecule has 0 radical (unpaired) electrons. The zero-order valence-corrected chi connectivity index (χ0v) is 36.5. The highest BCUT2D eigenvalue weighted by Gasteiger charge is 2.47. The van der Waals surface area contributed by atoms with Crippen LogP contribution in [0.4, 0.5) is 0 Å². The molecule has 1 heterocycles. The normalized spacial score (nSPS) is 31.7. The Labute approximate surface area is 293 Å². The monoisotopic (exact) mass is 716 g/mol. The second-order valence-electron chi connectivity index (χ2n) is 16.1. The van der Waals surface area contributed by atoms with Crippen LogP contribution in [0.25, 0.3) is 0 Å². The Hall–Kier alpha value is -0.339. The number of esters is 1. The van der Waals surface area contributed by atoms with Crippen LogP contribution in [-0.2, 0) is 27.5 Å². The van der Waals surface area contributed by atoms with Gasteiger partial charge in [-0.25, -0.2) is 0 Å². The topological polar surface area (TPSA) is 83.5 Å². The van der Waals surface area contributed by atoms with E-state index >= 15 is 0 Å². The minimum absolute atomic E-state index is 0.0679. The van der Waals surface area contributed by atoms with Gasteiger partial charge in [0.2, 0.25) is 0 Å². The van der Waals surface area contributed by atoms with Gasteiger partial charge in [-0.3, -0.25) is 4.79 Å². The molecule has 1 aliphatic heterocycles. The molecule has 0 spiro atoms. The molecule has 0 saturated carbocycles. The largest absolute Gasteiger partial charge is 0.459 e. The van der Waals surface area contributed by atoms with E-state index < -0.39 is 60.4 Å². The molecule has 1 aliphatic rings. The molecule has 47 heavy (non-hydrogen) atoms. The Morgan fingerprint density at radius 1 is 0.915 bits per heavy atom. The predicted molar refractivity (Wildman–Crippen MR) is 205 cm³/mol. The number of ether oxygens (including phenoxy) is 2. The SMILES string of the molecule is CC[C@H]1OC(=O)[C@H](C)[C@@H](O[Si](C)(C)C(C)(C)C)C[C@@H](O)[C@](C)(OC)CC[C@@H](O[Si](CC)(CC)CC)/C=C/[C@]1(C)O[Si](CC)(CC)CC. The Balaban J connectivity index is 3.95. The van der Waals surface area contributed by atoms with Crippen molar-refractivity contribution in [2.75, 3.05) is 7.11 Å². The van der Waals surface area contributed by atoms with Crippen molar-refractivity contribution in [1.82, 2.24) is 0 Å². The zero-order chi connectivity index (χ0) is 36.5. The molecule has 7 atom stereocenters. The molecular formula is C37H76O7Si3. The van der Waals surface area contributed by atoms with Gasteiger partial charge >= 0.3 is 5.97 Å². The summed E-state index contributed by atoms with van der Waals surface area (Å²) in [5.74, 6) is -0.900. The molecule has 0 aliphatic carbocycles. The third-order valence-electron chi connectivity index (χ3n) is 12.3. The van der Waals surface area contributed by atoms with Crippen LogP contribution in [0.3, 0.4) is 0 Å². The highest BCUT2D eigenvalue weighted by molar-refractivity contribution is 6.74. The molecule has 0 aromatic heterocycles. The van der Waals surface area contributed by atoms with Gasteiger partial charge in [0.15, 0.2) is 25.0 Å². The third-order valence-corrected chi connectivity index (χ3v) is 26.3. The van der Waals surface area contributed by atoms with Crippen LogP contribution in [-0.4, -0.2) is 78.8 Å². The number of methoxy groups -OCH3 is 1. The summed E-state index contributed by atoms with van der Waals surface area (Å²) in [6, 6.07) is 6.11. The lowest BCUT2D eigenvalue weighted by molar-refractivity contribution is -0.168. The van der Waals surface area contributed by atoms with E-state index in [2.05, 4.69) is 101 Å². The van der Waals surface area contributed by atoms with Gasteiger partial charge in [0.05, 0.1) is 29.8 Å². The highest BCUT2D eigenvalue weighted by Crippen LogP contribution is 2.41. The summed E-state index contributed by atoms with van der Waals surface area (Å²) in [5, 5.41) is 11.8. The molecule has 1 rings (SSSR count). The molecule has 0 aromatic rings. The lowest BCUT2D eigenvalue weighted by atomic mass is 9.85. The molecular weight excluding hydrogens is 641 g/mol. The Kier molecular flexibility index (Phi) is 17.3. The van der Waals surface area contributed by atoms with Crippen molar-refractivity contribution in [2.24, 2.45) is 5.92 Å². The first-order valence-corrected chi connectivity index (χ1v) is 26.8. The van der Waals surface area contributed by atoms with Crippen molar-refractivity contribution >= 4 is 30.9 Å². The summed E-state index contributed by atoms with van der Waals surface area (Å²) in [6.45, 7) is 32.5. The standard InChI is InChI=1S/C37H76O7Si3/c1-17-33-37(13,44-47(21-5,22-6)23-7)27-25-30(42-46(18-2,19-3)20-4)24-26-36(12,40-14)32(38)28-31(29(8)34(39)41-33)43-45(15,16)35(9,10)11/h25,27,29-33,38H,17-24,26,28H2,1-16H3/b27-25+/t29-,30-,31+,32-,33-,36-,37+/m1/s1. The van der Waals surface area contributed by atoms with Crippen molar-refractivity contribution in [3.63, 3.8) is 0 Å². The summed E-state index contributed by atoms with van der Waals surface area (Å²) >= 11 is 0. The Morgan fingerprint density at radius 3 is 1.85 bits per heavy atom. The summed E-state index contributed by atoms with van der Waals surface area (Å²) in [4.78, 5) is 14.2. The molecule has 0 amide bonds. The van der Waals surface area contributed by atoms with E-state index in [4.69, 9.17) is 22.8 Å². The van der Waals surface area contributed by atoms with Gasteiger partial charge in [-0.2, -0.15) is 0 Å². The van der Waals surface area contributed by atoms with Crippen molar-refractivity contribution in [3.8, 4) is 0 Å². The van der Waals surface area contributed by atoms with Gasteiger partial charge in [-0.1, -0.05) is 81.4 Å². The van der Waals surface area contributed by atoms with Crippen molar-refractivity contribution < 1.29 is 32.7 Å². The molecule has 0 unspecified atom stereocenters. The molecule has 10 heteroatoms. The first-order valence-electron chi connectivity index (χ1n) is 18.8. The number of rotatable bonds is 14. The minimum atomic E-state index is -2.31. The van der Waals surface area contributed by atoms with Crippen molar-refractivity contribution in [1.29, 1.82) is 0 Å². The highest BCUT2D eigenvalue weighted by atomic mass is 28.4. The molecule has 0 fully saturated rings. The predicted octanol–water partition coefficient (Wildman–Crippen LogP) is 10.0. The number of aliphatic hydroxyl groups excluding tert-OH is 1. The zero-order valence-electron chi connectivity index (χ0n) is 33.5. The van der Waals surface area contributed by atoms with Crippen LogP contribution < -0.4 is 0 Å². The van der Waals surface area contributed by atoms with E-state index in [0.717, 1.165) is 36.3 Å². The van der Waals surface area contributed by atoms with Gasteiger partial charge in [0.1, 0.15) is 11.7 Å². The van der Waals surface area contributed by atoms with E-state index in [-0.39, 0.29) is 23.5 Å². The van der Waals surface area contributed by atoms with Crippen molar-refractivity contribution in [3.05, 3.63) is 12.2 Å². The molecule has 0 aromatic carbocycles. The summed E-state index contributed by atoms with van der Waals surface area (Å²) in [7, 11) is -4.76. The summed E-state index contributed by atoms with van der Waals surface area (Å²) < 4.78 is 34.0. The van der Waals surface area contributed by atoms with Gasteiger partial charge in [-0.05, 0) is 94.4 Å². The van der Waals surface area contributed by atoms with Gasteiger partial charge in [-0.15, -0.1) is 0 Å². The fourth-order valence-corrected chi connectivity index (χ4v) is 14.0. The fraction of sp³-hybridized carbons (Fsp3) is 0.919. The second kappa shape index (κ2) is 18.2. The van der Waals surface area contributed by atoms with E-state index in [1.54, 1.807) is 7.11 Å². The fourth-order valence-electron chi connectivity index (χ4n) is 6.67. The molecule has 7 nitrogen and oxygen atoms in total. The smallest absolute Gasteiger partial charge is 0.311 e. The number of cyclic esters (lactones) is 1. The summed E-state index contributed by atoms with van der Waals surface area (Å²) in [5.41, 5.74) is -1.67. The van der Waals surface area contributed by atoms with Crippen LogP contribution >= 0.6 is 0 Å². The van der Waals surface area contributed by atoms with E-state index in [1.165, 1.54) is 0 Å². The van der Waals surface area contributed by atoms with E-state index in [1.807, 2.05) is 13.8 Å². The minimum Gasteiger partial charge on any atom is -0.459 e. The van der Waals surface area contributed by atoms with Crippen LogP contribution in [0, 0.1) is 5.92 Å². The van der Waals surface area contributed by atoms with E-state index in [9.17, 15) is 9.90 Å². The van der Waals surface area contributed by atoms with Crippen LogP contribution in [0.1, 0.15) is 116 Å². The number of hydrogen-bond donors (Lipinski definition) is 1. The van der Waals surface area contributed by atoms with Crippen LogP contribution in [0.2, 0.25) is 54.4 Å². The Bertz CT molecular complexity index is 959. The second-order valence-corrected chi connectivity index (χ2v) is 30.3. The molecule has 1 N–H and O–H groups in total. The number of carbonyl (C=O) groups is 1. The van der Waals surface area contributed by atoms with Gasteiger partial charge < -0.3 is 27.9 Å². The maximum atomic E-state index is 14.2. The van der Waals surface area contributed by atoms with Crippen LogP contribution in [0.15, 0.2) is 12.2 Å². The maximum absolute atomic E-state index is 14.2. The summed E-state index contributed by atoms with van der Waals surface area (Å²) in [6.07, 6.45) is 4.47. The van der Waals surface area contributed by atoms with Gasteiger partial charge in [0, 0.05) is 13.5 Å². The molecule has 0 bridgehead atoms. The van der Waals surface area contributed by atoms with E-state index in [0.29, 0.717) is 19.3 Å². The molecule has 278 valence electrons. The maximum Gasteiger partial charge on any atom is 0.311 e. The lowest BCUT2D eigenvalue weighted by Crippen LogP contribution is -2.54. The first kappa shape index (κ1) is 44.7. The number of aliphatic hydroxyl groups is 1. The third kappa shape index (κ3) is 11.3. The number of hydrogen-bond acceptors (Lipinski definition) is 7. The Morgan fingerprint density at radius 2 is 1.43 bits per heavy atom. The van der Waals surface area contributed by atoms with Gasteiger partial charge in [0.25, 0.3) is 0 Å². The average Bonchev–Trinajstić information content (AvgIpc) is 3.04. The quantitative estimate of drug-likeness (QED) is 0.109. The molecule has 0 saturated heterocycles. The number of carbonyl (C=O) groups excluding carboxylic acids is 1. The average molecular weight is 717 g/mol.